The summed E-state index contributed by atoms with van der Waals surface area (Å²) >= 11 is 3.48. The number of rotatable bonds is 3. The van der Waals surface area contributed by atoms with E-state index in [0.29, 0.717) is 17.0 Å². The molecule has 2 N–H and O–H groups in total. The van der Waals surface area contributed by atoms with E-state index < -0.39 is 0 Å². The zero-order valence-electron chi connectivity index (χ0n) is 15.6. The summed E-state index contributed by atoms with van der Waals surface area (Å²) in [7, 11) is 0. The van der Waals surface area contributed by atoms with Crippen molar-refractivity contribution in [1.82, 2.24) is 19.3 Å². The van der Waals surface area contributed by atoms with Gasteiger partial charge in [-0.1, -0.05) is 30.3 Å². The van der Waals surface area contributed by atoms with Crippen molar-refractivity contribution < 1.29 is 9.53 Å². The second kappa shape index (κ2) is 7.79. The number of anilines is 1. The number of halogens is 1. The maximum atomic E-state index is 12.7. The number of imidazole rings is 1. The molecule has 4 rings (SSSR count). The normalized spacial score (nSPS) is 19.7. The molecule has 0 saturated carbocycles. The van der Waals surface area contributed by atoms with Gasteiger partial charge >= 0.3 is 6.09 Å². The summed E-state index contributed by atoms with van der Waals surface area (Å²) in [5, 5.41) is 0. The van der Waals surface area contributed by atoms with E-state index in [1.165, 1.54) is 0 Å². The lowest BCUT2D eigenvalue weighted by molar-refractivity contribution is 0.0667. The van der Waals surface area contributed by atoms with Crippen LogP contribution in [0.4, 0.5) is 10.6 Å². The monoisotopic (exact) mass is 443 g/mol. The maximum absolute atomic E-state index is 12.7. The van der Waals surface area contributed by atoms with Crippen LogP contribution < -0.4 is 5.73 Å². The fourth-order valence-electron chi connectivity index (χ4n) is 3.71. The van der Waals surface area contributed by atoms with Gasteiger partial charge in [0.2, 0.25) is 0 Å². The molecule has 0 aliphatic carbocycles. The van der Waals surface area contributed by atoms with E-state index in [2.05, 4.69) is 32.8 Å². The molecule has 0 radical (unpaired) electrons. The van der Waals surface area contributed by atoms with Gasteiger partial charge in [-0.2, -0.15) is 0 Å². The van der Waals surface area contributed by atoms with Crippen molar-refractivity contribution >= 4 is 33.4 Å². The number of carbonyl (C=O) groups is 1. The number of ether oxygens (including phenoxy) is 1. The first kappa shape index (κ1) is 18.7. The van der Waals surface area contributed by atoms with Crippen LogP contribution in [0.15, 0.2) is 47.3 Å². The summed E-state index contributed by atoms with van der Waals surface area (Å²) in [6.07, 6.45) is 5.06. The smallest absolute Gasteiger partial charge is 0.410 e. The number of nitrogen functional groups attached to an aromatic ring is 1. The summed E-state index contributed by atoms with van der Waals surface area (Å²) in [4.78, 5) is 23.3. The summed E-state index contributed by atoms with van der Waals surface area (Å²) < 4.78 is 8.18. The largest absolute Gasteiger partial charge is 0.445 e. The zero-order chi connectivity index (χ0) is 19.7. The number of piperidine rings is 1. The van der Waals surface area contributed by atoms with E-state index in [1.54, 1.807) is 11.1 Å². The van der Waals surface area contributed by atoms with E-state index in [0.717, 1.165) is 29.7 Å². The number of carbonyl (C=O) groups excluding carboxylic acids is 1. The predicted octanol–water partition coefficient (Wildman–Crippen LogP) is 3.98. The third kappa shape index (κ3) is 3.56. The molecule has 146 valence electrons. The van der Waals surface area contributed by atoms with Crippen LogP contribution >= 0.6 is 15.9 Å². The second-order valence-corrected chi connectivity index (χ2v) is 7.86. The summed E-state index contributed by atoms with van der Waals surface area (Å²) in [5.74, 6) is 1.40. The van der Waals surface area contributed by atoms with Gasteiger partial charge in [0, 0.05) is 30.9 Å². The highest BCUT2D eigenvalue weighted by Gasteiger charge is 2.33. The number of hydrogen-bond donors (Lipinski definition) is 1. The van der Waals surface area contributed by atoms with Gasteiger partial charge in [0.25, 0.3) is 0 Å². The molecule has 1 aliphatic rings. The second-order valence-electron chi connectivity index (χ2n) is 7.11. The Labute approximate surface area is 171 Å². The van der Waals surface area contributed by atoms with Crippen molar-refractivity contribution in [2.75, 3.05) is 12.3 Å². The van der Waals surface area contributed by atoms with E-state index in [4.69, 9.17) is 10.5 Å². The average molecular weight is 444 g/mol. The van der Waals surface area contributed by atoms with E-state index in [1.807, 2.05) is 40.9 Å². The molecule has 1 aliphatic heterocycles. The molecule has 0 unspecified atom stereocenters. The van der Waals surface area contributed by atoms with Crippen LogP contribution in [0.1, 0.15) is 37.1 Å². The maximum Gasteiger partial charge on any atom is 0.410 e. The number of hydrogen-bond acceptors (Lipinski definition) is 5. The Morgan fingerprint density at radius 3 is 2.89 bits per heavy atom. The Bertz CT molecular complexity index is 991. The van der Waals surface area contributed by atoms with Gasteiger partial charge in [0.05, 0.1) is 0 Å². The van der Waals surface area contributed by atoms with Crippen LogP contribution in [-0.2, 0) is 11.3 Å². The van der Waals surface area contributed by atoms with Gasteiger partial charge < -0.3 is 15.4 Å². The SMILES string of the molecule is C[C@H]1CC[C@@H](c2nc(Br)c3c(N)nccn23)CN1C(=O)OCc1ccccc1. The van der Waals surface area contributed by atoms with Crippen LogP contribution in [0.25, 0.3) is 5.52 Å². The molecule has 8 heteroatoms. The molecule has 2 aromatic heterocycles. The summed E-state index contributed by atoms with van der Waals surface area (Å²) in [6, 6.07) is 9.83. The topological polar surface area (TPSA) is 85.8 Å². The minimum absolute atomic E-state index is 0.0982. The van der Waals surface area contributed by atoms with E-state index >= 15 is 0 Å². The molecule has 2 atom stereocenters. The molecule has 28 heavy (non-hydrogen) atoms. The first-order valence-electron chi connectivity index (χ1n) is 9.30. The lowest BCUT2D eigenvalue weighted by Crippen LogP contribution is -2.45. The molecule has 3 heterocycles. The molecule has 1 saturated heterocycles. The first-order valence-corrected chi connectivity index (χ1v) is 10.1. The number of benzene rings is 1. The molecular weight excluding hydrogens is 422 g/mol. The Morgan fingerprint density at radius 1 is 1.32 bits per heavy atom. The molecule has 1 amide bonds. The molecule has 0 bridgehead atoms. The van der Waals surface area contributed by atoms with Crippen LogP contribution in [0.5, 0.6) is 0 Å². The summed E-state index contributed by atoms with van der Waals surface area (Å²) in [6.45, 7) is 2.89. The van der Waals surface area contributed by atoms with Crippen molar-refractivity contribution in [3.63, 3.8) is 0 Å². The van der Waals surface area contributed by atoms with Crippen molar-refractivity contribution in [1.29, 1.82) is 0 Å². The van der Waals surface area contributed by atoms with Gasteiger partial charge in [-0.15, -0.1) is 0 Å². The standard InChI is InChI=1S/C20H22BrN5O2/c1-13-7-8-15(19-24-17(21)16-18(22)23-9-10-25(16)19)11-26(13)20(27)28-12-14-5-3-2-4-6-14/h2-6,9-10,13,15H,7-8,11-12H2,1H3,(H2,22,23)/t13-,15+/m0/s1. The number of fused-ring (bicyclic) bond motifs is 1. The van der Waals surface area contributed by atoms with Crippen molar-refractivity contribution in [3.05, 3.63) is 58.7 Å². The van der Waals surface area contributed by atoms with Crippen LogP contribution in [-0.4, -0.2) is 37.9 Å². The van der Waals surface area contributed by atoms with Gasteiger partial charge in [-0.05, 0) is 41.3 Å². The minimum Gasteiger partial charge on any atom is -0.445 e. The number of nitrogens with zero attached hydrogens (tertiary/aromatic N) is 4. The molecule has 1 aromatic carbocycles. The number of likely N-dealkylation sites (tertiary alicyclic amines) is 1. The molecular formula is C20H22BrN5O2. The molecule has 0 spiro atoms. The van der Waals surface area contributed by atoms with Gasteiger partial charge in [-0.3, -0.25) is 4.40 Å². The molecule has 1 fully saturated rings. The van der Waals surface area contributed by atoms with Crippen LogP contribution in [0, 0.1) is 0 Å². The Kier molecular flexibility index (Phi) is 5.21. The third-order valence-electron chi connectivity index (χ3n) is 5.25. The first-order chi connectivity index (χ1) is 13.5. The molecule has 7 nitrogen and oxygen atoms in total. The van der Waals surface area contributed by atoms with E-state index in [9.17, 15) is 4.79 Å². The fourth-order valence-corrected chi connectivity index (χ4v) is 4.28. The van der Waals surface area contributed by atoms with E-state index in [-0.39, 0.29) is 24.7 Å². The third-order valence-corrected chi connectivity index (χ3v) is 5.81. The van der Waals surface area contributed by atoms with Gasteiger partial charge in [0.1, 0.15) is 22.6 Å². The van der Waals surface area contributed by atoms with Gasteiger partial charge in [0.15, 0.2) is 5.82 Å². The number of amides is 1. The van der Waals surface area contributed by atoms with Crippen molar-refractivity contribution in [2.24, 2.45) is 0 Å². The van der Waals surface area contributed by atoms with Gasteiger partial charge in [-0.25, -0.2) is 14.8 Å². The Morgan fingerprint density at radius 2 is 2.11 bits per heavy atom. The lowest BCUT2D eigenvalue weighted by Gasteiger charge is -2.36. The Balaban J connectivity index is 1.52. The highest BCUT2D eigenvalue weighted by Crippen LogP contribution is 2.33. The zero-order valence-corrected chi connectivity index (χ0v) is 17.2. The van der Waals surface area contributed by atoms with Crippen molar-refractivity contribution in [2.45, 2.75) is 38.3 Å². The quantitative estimate of drug-likeness (QED) is 0.661. The average Bonchev–Trinajstić information content (AvgIpc) is 3.05. The number of aromatic nitrogens is 3. The number of nitrogens with two attached hydrogens (primary N) is 1. The van der Waals surface area contributed by atoms with Crippen LogP contribution in [0.2, 0.25) is 0 Å². The lowest BCUT2D eigenvalue weighted by atomic mass is 9.93. The highest BCUT2D eigenvalue weighted by molar-refractivity contribution is 9.10. The highest BCUT2D eigenvalue weighted by atomic mass is 79.9. The minimum atomic E-state index is -0.290. The predicted molar refractivity (Wildman–Crippen MR) is 110 cm³/mol. The fraction of sp³-hybridized carbons (Fsp3) is 0.350. The summed E-state index contributed by atoms with van der Waals surface area (Å²) in [5.41, 5.74) is 7.74. The van der Waals surface area contributed by atoms with Crippen LogP contribution in [0.3, 0.4) is 0 Å². The molecule has 3 aromatic rings. The Hall–Kier alpha value is -2.61. The van der Waals surface area contributed by atoms with Crippen molar-refractivity contribution in [3.8, 4) is 0 Å².